The molecule has 1 aromatic rings. The van der Waals surface area contributed by atoms with Crippen LogP contribution < -0.4 is 0 Å². The highest BCUT2D eigenvalue weighted by Crippen LogP contribution is 2.30. The Labute approximate surface area is 105 Å². The van der Waals surface area contributed by atoms with Crippen LogP contribution in [0.1, 0.15) is 29.6 Å². The SMILES string of the molecule is N#CCCN(CC1CC1)C(=O)c1ccnc(F)c1. The molecule has 0 saturated heterocycles. The minimum Gasteiger partial charge on any atom is -0.337 e. The molecule has 1 aromatic heterocycles. The van der Waals surface area contributed by atoms with Gasteiger partial charge in [-0.25, -0.2) is 4.98 Å². The zero-order valence-corrected chi connectivity index (χ0v) is 9.97. The molecule has 0 N–H and O–H groups in total. The van der Waals surface area contributed by atoms with Crippen LogP contribution in [-0.2, 0) is 0 Å². The summed E-state index contributed by atoms with van der Waals surface area (Å²) in [6, 6.07) is 4.66. The molecule has 1 saturated carbocycles. The second-order valence-electron chi connectivity index (χ2n) is 4.47. The Morgan fingerprint density at radius 1 is 1.61 bits per heavy atom. The first-order valence-electron chi connectivity index (χ1n) is 5.98. The van der Waals surface area contributed by atoms with Crippen molar-refractivity contribution in [3.63, 3.8) is 0 Å². The van der Waals surface area contributed by atoms with Gasteiger partial charge >= 0.3 is 0 Å². The third-order valence-electron chi connectivity index (χ3n) is 2.93. The number of carbonyl (C=O) groups excluding carboxylic acids is 1. The zero-order chi connectivity index (χ0) is 13.0. The first kappa shape index (κ1) is 12.5. The van der Waals surface area contributed by atoms with Crippen LogP contribution in [0.3, 0.4) is 0 Å². The number of halogens is 1. The van der Waals surface area contributed by atoms with Gasteiger partial charge in [0, 0.05) is 30.9 Å². The molecule has 1 heterocycles. The number of amides is 1. The Kier molecular flexibility index (Phi) is 3.88. The average Bonchev–Trinajstić information content (AvgIpc) is 3.17. The highest BCUT2D eigenvalue weighted by atomic mass is 19.1. The van der Waals surface area contributed by atoms with Crippen LogP contribution in [0.5, 0.6) is 0 Å². The van der Waals surface area contributed by atoms with E-state index in [2.05, 4.69) is 4.98 Å². The van der Waals surface area contributed by atoms with E-state index in [1.165, 1.54) is 12.3 Å². The molecule has 4 nitrogen and oxygen atoms in total. The Morgan fingerprint density at radius 2 is 2.39 bits per heavy atom. The van der Waals surface area contributed by atoms with Crippen LogP contribution in [0.2, 0.25) is 0 Å². The summed E-state index contributed by atoms with van der Waals surface area (Å²) in [7, 11) is 0. The molecule has 0 unspecified atom stereocenters. The van der Waals surface area contributed by atoms with Gasteiger partial charge in [0.1, 0.15) is 0 Å². The molecule has 0 aliphatic heterocycles. The van der Waals surface area contributed by atoms with Crippen LogP contribution in [-0.4, -0.2) is 28.9 Å². The van der Waals surface area contributed by atoms with E-state index in [0.29, 0.717) is 31.0 Å². The molecule has 18 heavy (non-hydrogen) atoms. The van der Waals surface area contributed by atoms with E-state index in [9.17, 15) is 9.18 Å². The molecule has 0 spiro atoms. The lowest BCUT2D eigenvalue weighted by molar-refractivity contribution is 0.0750. The highest BCUT2D eigenvalue weighted by Gasteiger charge is 2.27. The lowest BCUT2D eigenvalue weighted by Crippen LogP contribution is -2.33. The van der Waals surface area contributed by atoms with Crippen LogP contribution in [0.25, 0.3) is 0 Å². The molecule has 0 bridgehead atoms. The quantitative estimate of drug-likeness (QED) is 0.747. The Bertz CT molecular complexity index is 479. The lowest BCUT2D eigenvalue weighted by atomic mass is 10.2. The van der Waals surface area contributed by atoms with Gasteiger partial charge in [0.2, 0.25) is 5.95 Å². The van der Waals surface area contributed by atoms with E-state index in [-0.39, 0.29) is 5.91 Å². The molecule has 94 valence electrons. The van der Waals surface area contributed by atoms with Crippen molar-refractivity contribution in [3.8, 4) is 6.07 Å². The summed E-state index contributed by atoms with van der Waals surface area (Å²) in [6.07, 6.45) is 3.83. The molecule has 0 atom stereocenters. The van der Waals surface area contributed by atoms with Crippen LogP contribution in [0, 0.1) is 23.2 Å². The summed E-state index contributed by atoms with van der Waals surface area (Å²) in [5.74, 6) is -0.342. The predicted octanol–water partition coefficient (Wildman–Crippen LogP) is 1.99. The van der Waals surface area contributed by atoms with E-state index in [0.717, 1.165) is 18.9 Å². The maximum atomic E-state index is 13.0. The van der Waals surface area contributed by atoms with Gasteiger partial charge < -0.3 is 4.90 Å². The topological polar surface area (TPSA) is 57.0 Å². The summed E-state index contributed by atoms with van der Waals surface area (Å²) in [6.45, 7) is 1.06. The molecule has 1 fully saturated rings. The maximum absolute atomic E-state index is 13.0. The van der Waals surface area contributed by atoms with Crippen molar-refractivity contribution >= 4 is 5.91 Å². The smallest absolute Gasteiger partial charge is 0.254 e. The van der Waals surface area contributed by atoms with Gasteiger partial charge in [-0.05, 0) is 24.8 Å². The second kappa shape index (κ2) is 5.58. The number of nitrogens with zero attached hydrogens (tertiary/aromatic N) is 3. The van der Waals surface area contributed by atoms with Crippen molar-refractivity contribution in [3.05, 3.63) is 29.8 Å². The number of rotatable bonds is 5. The fourth-order valence-corrected chi connectivity index (χ4v) is 1.79. The fourth-order valence-electron chi connectivity index (χ4n) is 1.79. The summed E-state index contributed by atoms with van der Waals surface area (Å²) in [4.78, 5) is 17.3. The van der Waals surface area contributed by atoms with Crippen molar-refractivity contribution < 1.29 is 9.18 Å². The zero-order valence-electron chi connectivity index (χ0n) is 9.97. The number of carbonyl (C=O) groups is 1. The van der Waals surface area contributed by atoms with E-state index < -0.39 is 5.95 Å². The van der Waals surface area contributed by atoms with Gasteiger partial charge in [0.05, 0.1) is 12.5 Å². The van der Waals surface area contributed by atoms with Gasteiger partial charge in [-0.15, -0.1) is 0 Å². The number of nitriles is 1. The van der Waals surface area contributed by atoms with Crippen molar-refractivity contribution in [2.45, 2.75) is 19.3 Å². The van der Waals surface area contributed by atoms with Gasteiger partial charge in [-0.3, -0.25) is 4.79 Å². The minimum absolute atomic E-state index is 0.224. The van der Waals surface area contributed by atoms with Gasteiger partial charge in [-0.1, -0.05) is 0 Å². The van der Waals surface area contributed by atoms with E-state index in [1.54, 1.807) is 4.90 Å². The fraction of sp³-hybridized carbons (Fsp3) is 0.462. The van der Waals surface area contributed by atoms with Gasteiger partial charge in [-0.2, -0.15) is 9.65 Å². The maximum Gasteiger partial charge on any atom is 0.254 e. The summed E-state index contributed by atoms with van der Waals surface area (Å²) in [5, 5.41) is 8.60. The first-order chi connectivity index (χ1) is 8.70. The average molecular weight is 247 g/mol. The summed E-state index contributed by atoms with van der Waals surface area (Å²) in [5.41, 5.74) is 0.293. The van der Waals surface area contributed by atoms with Gasteiger partial charge in [0.15, 0.2) is 0 Å². The second-order valence-corrected chi connectivity index (χ2v) is 4.47. The van der Waals surface area contributed by atoms with Crippen LogP contribution >= 0.6 is 0 Å². The normalized spacial score (nSPS) is 14.0. The monoisotopic (exact) mass is 247 g/mol. The molecule has 1 aliphatic rings. The molecule has 5 heteroatoms. The Hall–Kier alpha value is -1.96. The molecular formula is C13H14FN3O. The molecule has 2 rings (SSSR count). The molecule has 1 aliphatic carbocycles. The molecular weight excluding hydrogens is 233 g/mol. The highest BCUT2D eigenvalue weighted by molar-refractivity contribution is 5.94. The molecule has 0 radical (unpaired) electrons. The summed E-state index contributed by atoms with van der Waals surface area (Å²) < 4.78 is 13.0. The van der Waals surface area contributed by atoms with Crippen molar-refractivity contribution in [2.75, 3.05) is 13.1 Å². The van der Waals surface area contributed by atoms with Crippen molar-refractivity contribution in [1.29, 1.82) is 5.26 Å². The Morgan fingerprint density at radius 3 is 3.00 bits per heavy atom. The van der Waals surface area contributed by atoms with Crippen molar-refractivity contribution in [2.24, 2.45) is 5.92 Å². The first-order valence-corrected chi connectivity index (χ1v) is 5.98. The third-order valence-corrected chi connectivity index (χ3v) is 2.93. The van der Waals surface area contributed by atoms with Crippen molar-refractivity contribution in [1.82, 2.24) is 9.88 Å². The number of aromatic nitrogens is 1. The number of hydrogen-bond acceptors (Lipinski definition) is 3. The summed E-state index contributed by atoms with van der Waals surface area (Å²) >= 11 is 0. The van der Waals surface area contributed by atoms with E-state index in [1.807, 2.05) is 6.07 Å². The third kappa shape index (κ3) is 3.27. The largest absolute Gasteiger partial charge is 0.337 e. The standard InChI is InChI=1S/C13H14FN3O/c14-12-8-11(4-6-16-12)13(18)17(7-1-5-15)9-10-2-3-10/h4,6,8,10H,1-3,7,9H2. The minimum atomic E-state index is -0.660. The van der Waals surface area contributed by atoms with Crippen LogP contribution in [0.15, 0.2) is 18.3 Å². The number of hydrogen-bond donors (Lipinski definition) is 0. The number of pyridine rings is 1. The molecule has 0 aromatic carbocycles. The molecule has 1 amide bonds. The van der Waals surface area contributed by atoms with Crippen LogP contribution in [0.4, 0.5) is 4.39 Å². The Balaban J connectivity index is 2.08. The predicted molar refractivity (Wildman–Crippen MR) is 63.1 cm³/mol. The van der Waals surface area contributed by atoms with E-state index in [4.69, 9.17) is 5.26 Å². The van der Waals surface area contributed by atoms with E-state index >= 15 is 0 Å². The van der Waals surface area contributed by atoms with Gasteiger partial charge in [0.25, 0.3) is 5.91 Å². The lowest BCUT2D eigenvalue weighted by Gasteiger charge is -2.21.